The van der Waals surface area contributed by atoms with Crippen molar-refractivity contribution >= 4 is 0 Å². The standard InChI is InChI=1S/C15H23NO3/c1-19-13-6-2-4-11(8-13)15(18)9-16-14-7-3-5-12(14)10-17/h2,4,6,8,12,14-18H,3,5,7,9-10H2,1H3. The van der Waals surface area contributed by atoms with Gasteiger partial charge in [-0.05, 0) is 36.5 Å². The molecule has 3 atom stereocenters. The fourth-order valence-corrected chi connectivity index (χ4v) is 2.75. The zero-order valence-corrected chi connectivity index (χ0v) is 11.4. The van der Waals surface area contributed by atoms with Gasteiger partial charge in [-0.3, -0.25) is 0 Å². The molecule has 0 heterocycles. The van der Waals surface area contributed by atoms with Crippen molar-refractivity contribution in [3.8, 4) is 5.75 Å². The molecule has 1 aromatic carbocycles. The summed E-state index contributed by atoms with van der Waals surface area (Å²) < 4.78 is 5.15. The van der Waals surface area contributed by atoms with Gasteiger partial charge in [-0.25, -0.2) is 0 Å². The van der Waals surface area contributed by atoms with Crippen molar-refractivity contribution in [2.24, 2.45) is 5.92 Å². The molecule has 1 aliphatic carbocycles. The van der Waals surface area contributed by atoms with Crippen LogP contribution in [0.25, 0.3) is 0 Å². The van der Waals surface area contributed by atoms with Crippen LogP contribution >= 0.6 is 0 Å². The van der Waals surface area contributed by atoms with Gasteiger partial charge in [-0.15, -0.1) is 0 Å². The van der Waals surface area contributed by atoms with Crippen molar-refractivity contribution in [1.29, 1.82) is 0 Å². The van der Waals surface area contributed by atoms with E-state index in [9.17, 15) is 10.2 Å². The summed E-state index contributed by atoms with van der Waals surface area (Å²) in [6.45, 7) is 0.737. The van der Waals surface area contributed by atoms with Gasteiger partial charge in [-0.1, -0.05) is 18.6 Å². The van der Waals surface area contributed by atoms with Gasteiger partial charge >= 0.3 is 0 Å². The second kappa shape index (κ2) is 6.89. The number of aliphatic hydroxyl groups is 2. The van der Waals surface area contributed by atoms with Crippen LogP contribution in [0.4, 0.5) is 0 Å². The number of hydrogen-bond donors (Lipinski definition) is 3. The molecule has 1 fully saturated rings. The van der Waals surface area contributed by atoms with Gasteiger partial charge in [0.25, 0.3) is 0 Å². The van der Waals surface area contributed by atoms with E-state index in [0.29, 0.717) is 18.5 Å². The van der Waals surface area contributed by atoms with E-state index in [1.807, 2.05) is 24.3 Å². The van der Waals surface area contributed by atoms with E-state index in [1.165, 1.54) is 0 Å². The van der Waals surface area contributed by atoms with Crippen LogP contribution in [-0.4, -0.2) is 36.5 Å². The van der Waals surface area contributed by atoms with Gasteiger partial charge in [0.15, 0.2) is 0 Å². The summed E-state index contributed by atoms with van der Waals surface area (Å²) in [7, 11) is 1.62. The number of methoxy groups -OCH3 is 1. The van der Waals surface area contributed by atoms with Crippen LogP contribution in [0, 0.1) is 5.92 Å². The third kappa shape index (κ3) is 3.69. The molecule has 3 N–H and O–H groups in total. The highest BCUT2D eigenvalue weighted by Crippen LogP contribution is 2.26. The molecule has 0 spiro atoms. The second-order valence-electron chi connectivity index (χ2n) is 5.18. The first-order valence-corrected chi connectivity index (χ1v) is 6.91. The molecule has 4 heteroatoms. The summed E-state index contributed by atoms with van der Waals surface area (Å²) in [5.41, 5.74) is 0.852. The second-order valence-corrected chi connectivity index (χ2v) is 5.18. The van der Waals surface area contributed by atoms with E-state index in [-0.39, 0.29) is 6.61 Å². The fourth-order valence-electron chi connectivity index (χ4n) is 2.75. The van der Waals surface area contributed by atoms with Crippen LogP contribution in [-0.2, 0) is 0 Å². The molecule has 19 heavy (non-hydrogen) atoms. The van der Waals surface area contributed by atoms with Gasteiger partial charge < -0.3 is 20.3 Å². The topological polar surface area (TPSA) is 61.7 Å². The molecule has 0 aliphatic heterocycles. The molecule has 0 saturated heterocycles. The monoisotopic (exact) mass is 265 g/mol. The SMILES string of the molecule is COc1cccc(C(O)CNC2CCCC2CO)c1. The summed E-state index contributed by atoms with van der Waals surface area (Å²) in [6, 6.07) is 7.81. The predicted molar refractivity (Wildman–Crippen MR) is 74.2 cm³/mol. The van der Waals surface area contributed by atoms with Crippen LogP contribution < -0.4 is 10.1 Å². The zero-order valence-electron chi connectivity index (χ0n) is 11.4. The lowest BCUT2D eigenvalue weighted by Crippen LogP contribution is -2.36. The quantitative estimate of drug-likeness (QED) is 0.729. The lowest BCUT2D eigenvalue weighted by atomic mass is 10.0. The lowest BCUT2D eigenvalue weighted by molar-refractivity contribution is 0.155. The molecule has 0 bridgehead atoms. The summed E-state index contributed by atoms with van der Waals surface area (Å²) in [5, 5.41) is 22.8. The number of ether oxygens (including phenoxy) is 1. The molecule has 3 unspecified atom stereocenters. The first-order valence-electron chi connectivity index (χ1n) is 6.91. The Labute approximate surface area is 114 Å². The molecule has 0 radical (unpaired) electrons. The summed E-state index contributed by atoms with van der Waals surface area (Å²) in [5.74, 6) is 1.09. The molecule has 106 valence electrons. The maximum atomic E-state index is 10.2. The smallest absolute Gasteiger partial charge is 0.119 e. The Morgan fingerprint density at radius 2 is 2.26 bits per heavy atom. The normalized spacial score (nSPS) is 24.4. The maximum Gasteiger partial charge on any atom is 0.119 e. The van der Waals surface area contributed by atoms with E-state index in [1.54, 1.807) is 7.11 Å². The van der Waals surface area contributed by atoms with Crippen LogP contribution in [0.3, 0.4) is 0 Å². The van der Waals surface area contributed by atoms with Crippen molar-refractivity contribution in [3.63, 3.8) is 0 Å². The minimum atomic E-state index is -0.546. The number of benzene rings is 1. The average Bonchev–Trinajstić information content (AvgIpc) is 2.92. The van der Waals surface area contributed by atoms with Crippen molar-refractivity contribution in [2.75, 3.05) is 20.3 Å². The van der Waals surface area contributed by atoms with Crippen molar-refractivity contribution in [2.45, 2.75) is 31.4 Å². The number of aliphatic hydroxyl groups excluding tert-OH is 2. The first-order chi connectivity index (χ1) is 9.24. The average molecular weight is 265 g/mol. The number of rotatable bonds is 6. The Kier molecular flexibility index (Phi) is 5.19. The lowest BCUT2D eigenvalue weighted by Gasteiger charge is -2.21. The Bertz CT molecular complexity index is 397. The third-order valence-corrected chi connectivity index (χ3v) is 3.95. The molecular weight excluding hydrogens is 242 g/mol. The van der Waals surface area contributed by atoms with Crippen LogP contribution in [0.2, 0.25) is 0 Å². The highest BCUT2D eigenvalue weighted by atomic mass is 16.5. The minimum absolute atomic E-state index is 0.229. The van der Waals surface area contributed by atoms with E-state index < -0.39 is 6.10 Å². The van der Waals surface area contributed by atoms with Gasteiger partial charge in [0.1, 0.15) is 5.75 Å². The molecule has 2 rings (SSSR count). The van der Waals surface area contributed by atoms with Crippen LogP contribution in [0.5, 0.6) is 5.75 Å². The Hall–Kier alpha value is -1.10. The number of hydrogen-bond acceptors (Lipinski definition) is 4. The third-order valence-electron chi connectivity index (χ3n) is 3.95. The maximum absolute atomic E-state index is 10.2. The highest BCUT2D eigenvalue weighted by Gasteiger charge is 2.26. The number of nitrogens with one attached hydrogen (secondary N) is 1. The summed E-state index contributed by atoms with van der Waals surface area (Å²) in [6.07, 6.45) is 2.76. The molecule has 4 nitrogen and oxygen atoms in total. The predicted octanol–water partition coefficient (Wildman–Crippen LogP) is 1.48. The Morgan fingerprint density at radius 3 is 3.00 bits per heavy atom. The van der Waals surface area contributed by atoms with Gasteiger partial charge in [0.05, 0.1) is 13.2 Å². The van der Waals surface area contributed by atoms with Crippen molar-refractivity contribution in [3.05, 3.63) is 29.8 Å². The highest BCUT2D eigenvalue weighted by molar-refractivity contribution is 5.29. The van der Waals surface area contributed by atoms with Gasteiger partial charge in [0.2, 0.25) is 0 Å². The molecule has 1 aromatic rings. The fraction of sp³-hybridized carbons (Fsp3) is 0.600. The molecule has 0 aromatic heterocycles. The Morgan fingerprint density at radius 1 is 1.42 bits per heavy atom. The summed E-state index contributed by atoms with van der Waals surface area (Å²) in [4.78, 5) is 0. The minimum Gasteiger partial charge on any atom is -0.497 e. The van der Waals surface area contributed by atoms with Crippen LogP contribution in [0.1, 0.15) is 30.9 Å². The zero-order chi connectivity index (χ0) is 13.7. The van der Waals surface area contributed by atoms with E-state index in [0.717, 1.165) is 30.6 Å². The van der Waals surface area contributed by atoms with Crippen molar-refractivity contribution in [1.82, 2.24) is 5.32 Å². The van der Waals surface area contributed by atoms with Gasteiger partial charge in [-0.2, -0.15) is 0 Å². The van der Waals surface area contributed by atoms with E-state index in [2.05, 4.69) is 5.32 Å². The van der Waals surface area contributed by atoms with Crippen LogP contribution in [0.15, 0.2) is 24.3 Å². The Balaban J connectivity index is 1.88. The van der Waals surface area contributed by atoms with E-state index in [4.69, 9.17) is 4.74 Å². The first kappa shape index (κ1) is 14.3. The summed E-state index contributed by atoms with van der Waals surface area (Å²) >= 11 is 0. The molecule has 1 aliphatic rings. The molecular formula is C15H23NO3. The molecule has 1 saturated carbocycles. The molecule has 0 amide bonds. The van der Waals surface area contributed by atoms with Gasteiger partial charge in [0, 0.05) is 19.2 Å². The largest absolute Gasteiger partial charge is 0.497 e. The van der Waals surface area contributed by atoms with E-state index >= 15 is 0 Å². The van der Waals surface area contributed by atoms with Crippen molar-refractivity contribution < 1.29 is 14.9 Å².